The van der Waals surface area contributed by atoms with Gasteiger partial charge in [-0.3, -0.25) is 9.69 Å². The minimum atomic E-state index is -1.23. The molecule has 0 fully saturated rings. The fourth-order valence-corrected chi connectivity index (χ4v) is 1.43. The van der Waals surface area contributed by atoms with Crippen LogP contribution in [0.25, 0.3) is 0 Å². The Kier molecular flexibility index (Phi) is 3.05. The maximum Gasteiger partial charge on any atom is 0.354 e. The van der Waals surface area contributed by atoms with Crippen LogP contribution >= 0.6 is 0 Å². The van der Waals surface area contributed by atoms with Crippen LogP contribution in [0, 0.1) is 0 Å². The van der Waals surface area contributed by atoms with E-state index in [2.05, 4.69) is 15.0 Å². The van der Waals surface area contributed by atoms with Gasteiger partial charge >= 0.3 is 5.97 Å². The molecule has 0 atom stereocenters. The number of amides is 1. The van der Waals surface area contributed by atoms with Crippen molar-refractivity contribution in [3.8, 4) is 0 Å². The molecule has 0 bridgehead atoms. The summed E-state index contributed by atoms with van der Waals surface area (Å²) in [6.45, 7) is 0. The van der Waals surface area contributed by atoms with Gasteiger partial charge in [0.15, 0.2) is 11.4 Å². The lowest BCUT2D eigenvalue weighted by molar-refractivity contribution is 0.0686. The van der Waals surface area contributed by atoms with Crippen molar-refractivity contribution in [3.05, 3.63) is 42.1 Å². The number of aromatic carboxylic acids is 1. The Labute approximate surface area is 102 Å². The number of nitrogens with one attached hydrogen (secondary N) is 1. The van der Waals surface area contributed by atoms with Crippen molar-refractivity contribution >= 4 is 17.7 Å². The van der Waals surface area contributed by atoms with Gasteiger partial charge in [0.2, 0.25) is 0 Å². The molecule has 92 valence electrons. The molecule has 0 saturated carbocycles. The van der Waals surface area contributed by atoms with E-state index in [1.807, 2.05) is 0 Å². The maximum absolute atomic E-state index is 12.1. The molecule has 2 aromatic rings. The highest BCUT2D eigenvalue weighted by molar-refractivity contribution is 6.09. The zero-order valence-corrected chi connectivity index (χ0v) is 9.49. The molecule has 0 spiro atoms. The van der Waals surface area contributed by atoms with Crippen molar-refractivity contribution in [2.45, 2.75) is 0 Å². The fourth-order valence-electron chi connectivity index (χ4n) is 1.43. The molecule has 0 aliphatic heterocycles. The molecule has 0 saturated heterocycles. The number of rotatable bonds is 3. The zero-order chi connectivity index (χ0) is 13.1. The van der Waals surface area contributed by atoms with E-state index in [9.17, 15) is 9.59 Å². The summed E-state index contributed by atoms with van der Waals surface area (Å²) >= 11 is 0. The Hall–Kier alpha value is -2.70. The number of carbonyl (C=O) groups is 2. The van der Waals surface area contributed by atoms with Gasteiger partial charge in [-0.05, 0) is 12.1 Å². The second kappa shape index (κ2) is 4.66. The third-order valence-corrected chi connectivity index (χ3v) is 2.35. The standard InChI is InChI=1S/C11H10N4O3/c1-15(7-4-2-3-5-12-7)10(16)8-9(11(17)18)14-6-13-8/h2-6H,1H3,(H,13,14)(H,17,18). The summed E-state index contributed by atoms with van der Waals surface area (Å²) < 4.78 is 0. The first-order valence-electron chi connectivity index (χ1n) is 5.07. The fraction of sp³-hybridized carbons (Fsp3) is 0.0909. The van der Waals surface area contributed by atoms with E-state index in [0.29, 0.717) is 5.82 Å². The van der Waals surface area contributed by atoms with E-state index in [1.54, 1.807) is 24.4 Å². The summed E-state index contributed by atoms with van der Waals surface area (Å²) in [4.78, 5) is 34.3. The van der Waals surface area contributed by atoms with Crippen molar-refractivity contribution in [2.24, 2.45) is 0 Å². The van der Waals surface area contributed by atoms with Gasteiger partial charge in [-0.2, -0.15) is 0 Å². The Balaban J connectivity index is 2.32. The van der Waals surface area contributed by atoms with Gasteiger partial charge in [-0.1, -0.05) is 6.07 Å². The van der Waals surface area contributed by atoms with E-state index in [1.165, 1.54) is 18.3 Å². The van der Waals surface area contributed by atoms with Gasteiger partial charge in [0.1, 0.15) is 5.82 Å². The average Bonchev–Trinajstić information content (AvgIpc) is 2.87. The number of carboxylic acids is 1. The number of anilines is 1. The van der Waals surface area contributed by atoms with Crippen LogP contribution in [0.15, 0.2) is 30.7 Å². The Morgan fingerprint density at radius 1 is 1.33 bits per heavy atom. The second-order valence-corrected chi connectivity index (χ2v) is 3.48. The molecule has 0 aromatic carbocycles. The van der Waals surface area contributed by atoms with Crippen LogP contribution in [0.2, 0.25) is 0 Å². The minimum absolute atomic E-state index is 0.143. The average molecular weight is 246 g/mol. The summed E-state index contributed by atoms with van der Waals surface area (Å²) in [5.74, 6) is -1.35. The molecule has 0 aliphatic carbocycles. The largest absolute Gasteiger partial charge is 0.477 e. The van der Waals surface area contributed by atoms with Crippen LogP contribution < -0.4 is 4.90 Å². The molecule has 2 N–H and O–H groups in total. The van der Waals surface area contributed by atoms with Crippen LogP contribution in [0.5, 0.6) is 0 Å². The van der Waals surface area contributed by atoms with Crippen molar-refractivity contribution in [2.75, 3.05) is 11.9 Å². The summed E-state index contributed by atoms with van der Waals surface area (Å²) in [5, 5.41) is 8.90. The number of carbonyl (C=O) groups excluding carboxylic acids is 1. The number of nitrogens with zero attached hydrogens (tertiary/aromatic N) is 3. The highest BCUT2D eigenvalue weighted by atomic mass is 16.4. The lowest BCUT2D eigenvalue weighted by Gasteiger charge is -2.14. The van der Waals surface area contributed by atoms with E-state index in [-0.39, 0.29) is 11.4 Å². The SMILES string of the molecule is CN(C(=O)c1nc[nH]c1C(=O)O)c1ccccn1. The third kappa shape index (κ3) is 2.05. The first kappa shape index (κ1) is 11.8. The number of hydrogen-bond acceptors (Lipinski definition) is 4. The van der Waals surface area contributed by atoms with E-state index in [0.717, 1.165) is 0 Å². The lowest BCUT2D eigenvalue weighted by atomic mass is 10.3. The lowest BCUT2D eigenvalue weighted by Crippen LogP contribution is -2.28. The van der Waals surface area contributed by atoms with Crippen molar-refractivity contribution in [1.29, 1.82) is 0 Å². The molecular weight excluding hydrogens is 236 g/mol. The highest BCUT2D eigenvalue weighted by Crippen LogP contribution is 2.12. The molecule has 0 aliphatic rings. The molecule has 0 radical (unpaired) electrons. The van der Waals surface area contributed by atoms with Crippen LogP contribution in [-0.4, -0.2) is 39.0 Å². The Morgan fingerprint density at radius 3 is 2.72 bits per heavy atom. The summed E-state index contributed by atoms with van der Waals surface area (Å²) in [7, 11) is 1.50. The van der Waals surface area contributed by atoms with E-state index >= 15 is 0 Å². The van der Waals surface area contributed by atoms with Gasteiger partial charge < -0.3 is 10.1 Å². The number of hydrogen-bond donors (Lipinski definition) is 2. The van der Waals surface area contributed by atoms with Crippen molar-refractivity contribution in [3.63, 3.8) is 0 Å². The smallest absolute Gasteiger partial charge is 0.354 e. The normalized spacial score (nSPS) is 10.1. The van der Waals surface area contributed by atoms with Gasteiger partial charge in [0.25, 0.3) is 5.91 Å². The summed E-state index contributed by atoms with van der Waals surface area (Å²) in [5.41, 5.74) is -0.376. The molecule has 2 rings (SSSR count). The zero-order valence-electron chi connectivity index (χ0n) is 9.49. The number of imidazole rings is 1. The van der Waals surface area contributed by atoms with Crippen molar-refractivity contribution in [1.82, 2.24) is 15.0 Å². The monoisotopic (exact) mass is 246 g/mol. The molecule has 0 unspecified atom stereocenters. The molecule has 7 heteroatoms. The van der Waals surface area contributed by atoms with Crippen LogP contribution in [-0.2, 0) is 0 Å². The molecule has 7 nitrogen and oxygen atoms in total. The predicted octanol–water partition coefficient (Wildman–Crippen LogP) is 0.780. The minimum Gasteiger partial charge on any atom is -0.477 e. The Morgan fingerprint density at radius 2 is 2.11 bits per heavy atom. The molecule has 2 heterocycles. The highest BCUT2D eigenvalue weighted by Gasteiger charge is 2.23. The molecular formula is C11H10N4O3. The second-order valence-electron chi connectivity index (χ2n) is 3.48. The van der Waals surface area contributed by atoms with Gasteiger partial charge in [-0.25, -0.2) is 14.8 Å². The maximum atomic E-state index is 12.1. The number of aromatic amines is 1. The van der Waals surface area contributed by atoms with E-state index in [4.69, 9.17) is 5.11 Å². The summed E-state index contributed by atoms with van der Waals surface area (Å²) in [6.07, 6.45) is 2.71. The van der Waals surface area contributed by atoms with Crippen LogP contribution in [0.4, 0.5) is 5.82 Å². The topological polar surface area (TPSA) is 99.2 Å². The van der Waals surface area contributed by atoms with Crippen LogP contribution in [0.3, 0.4) is 0 Å². The number of H-pyrrole nitrogens is 1. The predicted molar refractivity (Wildman–Crippen MR) is 62.5 cm³/mol. The molecule has 18 heavy (non-hydrogen) atoms. The van der Waals surface area contributed by atoms with Gasteiger partial charge in [0.05, 0.1) is 6.33 Å². The van der Waals surface area contributed by atoms with Crippen LogP contribution in [0.1, 0.15) is 21.0 Å². The van der Waals surface area contributed by atoms with Crippen molar-refractivity contribution < 1.29 is 14.7 Å². The number of carboxylic acid groups (broad SMARTS) is 1. The molecule has 2 aromatic heterocycles. The number of aromatic nitrogens is 3. The first-order chi connectivity index (χ1) is 8.61. The quantitative estimate of drug-likeness (QED) is 0.833. The third-order valence-electron chi connectivity index (χ3n) is 2.35. The first-order valence-corrected chi connectivity index (χ1v) is 5.07. The molecule has 1 amide bonds. The van der Waals surface area contributed by atoms with Gasteiger partial charge in [-0.15, -0.1) is 0 Å². The Bertz CT molecular complexity index is 579. The van der Waals surface area contributed by atoms with Gasteiger partial charge in [0, 0.05) is 13.2 Å². The number of pyridine rings is 1. The summed E-state index contributed by atoms with van der Waals surface area (Å²) in [6, 6.07) is 5.10. The van der Waals surface area contributed by atoms with E-state index < -0.39 is 11.9 Å².